The van der Waals surface area contributed by atoms with Crippen LogP contribution in [-0.4, -0.2) is 23.3 Å². The van der Waals surface area contributed by atoms with E-state index in [-0.39, 0.29) is 11.8 Å². The minimum Gasteiger partial charge on any atom is -0.292 e. The lowest BCUT2D eigenvalue weighted by Crippen LogP contribution is -2.53. The van der Waals surface area contributed by atoms with Crippen molar-refractivity contribution in [2.75, 3.05) is 6.54 Å². The molecule has 1 aliphatic heterocycles. The molecule has 102 valence electrons. The van der Waals surface area contributed by atoms with Crippen LogP contribution in [-0.2, 0) is 0 Å². The maximum Gasteiger partial charge on any atom is 0.180 e. The number of ketones is 1. The van der Waals surface area contributed by atoms with E-state index in [9.17, 15) is 4.79 Å². The molecule has 1 saturated heterocycles. The van der Waals surface area contributed by atoms with Crippen molar-refractivity contribution in [3.63, 3.8) is 0 Å². The van der Waals surface area contributed by atoms with Crippen LogP contribution in [0, 0.1) is 0 Å². The fourth-order valence-corrected chi connectivity index (χ4v) is 2.87. The fourth-order valence-electron chi connectivity index (χ4n) is 2.87. The second-order valence-electron chi connectivity index (χ2n) is 5.36. The lowest BCUT2D eigenvalue weighted by molar-refractivity contribution is 0.0386. The van der Waals surface area contributed by atoms with E-state index in [4.69, 9.17) is 0 Å². The maximum absolute atomic E-state index is 12.5. The zero-order valence-corrected chi connectivity index (χ0v) is 11.7. The molecule has 1 fully saturated rings. The number of hydrogen-bond donors (Lipinski definition) is 0. The van der Waals surface area contributed by atoms with Crippen LogP contribution in [0.25, 0.3) is 0 Å². The average molecular weight is 265 g/mol. The highest BCUT2D eigenvalue weighted by Gasteiger charge is 2.37. The average Bonchev–Trinajstić information content (AvgIpc) is 2.48. The minimum absolute atomic E-state index is 0.0348. The Labute approximate surface area is 120 Å². The number of benzene rings is 2. The number of nitrogens with zero attached hydrogens (tertiary/aromatic N) is 1. The molecule has 2 aromatic rings. The van der Waals surface area contributed by atoms with Crippen LogP contribution in [0.4, 0.5) is 0 Å². The molecular formula is C18H19NO. The van der Waals surface area contributed by atoms with E-state index >= 15 is 0 Å². The van der Waals surface area contributed by atoms with Crippen molar-refractivity contribution in [1.29, 1.82) is 0 Å². The molecule has 0 N–H and O–H groups in total. The first-order chi connectivity index (χ1) is 9.77. The summed E-state index contributed by atoms with van der Waals surface area (Å²) in [6, 6.07) is 20.3. The van der Waals surface area contributed by atoms with E-state index in [1.165, 1.54) is 5.56 Å². The third-order valence-electron chi connectivity index (χ3n) is 4.20. The van der Waals surface area contributed by atoms with Gasteiger partial charge in [-0.1, -0.05) is 60.7 Å². The van der Waals surface area contributed by atoms with Crippen LogP contribution < -0.4 is 0 Å². The molecule has 1 aliphatic rings. The number of hydrogen-bond acceptors (Lipinski definition) is 2. The molecule has 0 aromatic heterocycles. The predicted octanol–water partition coefficient (Wildman–Crippen LogP) is 3.70. The fraction of sp³-hybridized carbons (Fsp3) is 0.278. The highest BCUT2D eigenvalue weighted by Crippen LogP contribution is 2.31. The summed E-state index contributed by atoms with van der Waals surface area (Å²) in [6.07, 6.45) is 0.963. The molecule has 2 heteroatoms. The highest BCUT2D eigenvalue weighted by atomic mass is 16.1. The van der Waals surface area contributed by atoms with Gasteiger partial charge in [-0.3, -0.25) is 9.69 Å². The van der Waals surface area contributed by atoms with Gasteiger partial charge >= 0.3 is 0 Å². The van der Waals surface area contributed by atoms with Gasteiger partial charge in [0.25, 0.3) is 0 Å². The number of rotatable bonds is 4. The van der Waals surface area contributed by atoms with Crippen molar-refractivity contribution in [1.82, 2.24) is 4.90 Å². The zero-order chi connectivity index (χ0) is 13.9. The van der Waals surface area contributed by atoms with Crippen molar-refractivity contribution in [3.8, 4) is 0 Å². The molecule has 0 spiro atoms. The monoisotopic (exact) mass is 265 g/mol. The van der Waals surface area contributed by atoms with Crippen LogP contribution >= 0.6 is 0 Å². The first-order valence-corrected chi connectivity index (χ1v) is 7.17. The van der Waals surface area contributed by atoms with Gasteiger partial charge in [0.2, 0.25) is 0 Å². The largest absolute Gasteiger partial charge is 0.292 e. The first-order valence-electron chi connectivity index (χ1n) is 7.17. The summed E-state index contributed by atoms with van der Waals surface area (Å²) in [5.41, 5.74) is 2.10. The molecule has 0 unspecified atom stereocenters. The number of carbonyl (C=O) groups is 1. The quantitative estimate of drug-likeness (QED) is 0.786. The Kier molecular flexibility index (Phi) is 3.66. The molecule has 2 nitrogen and oxygen atoms in total. The first kappa shape index (κ1) is 13.1. The Morgan fingerprint density at radius 2 is 1.65 bits per heavy atom. The summed E-state index contributed by atoms with van der Waals surface area (Å²) in [5, 5.41) is 0. The lowest BCUT2D eigenvalue weighted by atomic mass is 9.90. The molecular weight excluding hydrogens is 246 g/mol. The van der Waals surface area contributed by atoms with E-state index in [2.05, 4.69) is 36.1 Å². The SMILES string of the molecule is C[C@H](c1ccccc1)N1CC[C@H]1C(=O)c1ccccc1. The van der Waals surface area contributed by atoms with Gasteiger partial charge in [-0.2, -0.15) is 0 Å². The summed E-state index contributed by atoms with van der Waals surface area (Å²) in [4.78, 5) is 14.8. The minimum atomic E-state index is 0.0348. The van der Waals surface area contributed by atoms with Gasteiger partial charge in [-0.15, -0.1) is 0 Å². The molecule has 0 saturated carbocycles. The summed E-state index contributed by atoms with van der Waals surface area (Å²) in [7, 11) is 0. The van der Waals surface area contributed by atoms with Crippen molar-refractivity contribution in [2.24, 2.45) is 0 Å². The summed E-state index contributed by atoms with van der Waals surface area (Å²) in [5.74, 6) is 0.250. The van der Waals surface area contributed by atoms with Gasteiger partial charge in [0.1, 0.15) is 0 Å². The molecule has 20 heavy (non-hydrogen) atoms. The molecule has 1 heterocycles. The van der Waals surface area contributed by atoms with Crippen LogP contribution in [0.15, 0.2) is 60.7 Å². The van der Waals surface area contributed by atoms with Gasteiger partial charge in [-0.25, -0.2) is 0 Å². The highest BCUT2D eigenvalue weighted by molar-refractivity contribution is 6.00. The summed E-state index contributed by atoms with van der Waals surface area (Å²) < 4.78 is 0. The number of likely N-dealkylation sites (tertiary alicyclic amines) is 1. The molecule has 2 aromatic carbocycles. The van der Waals surface area contributed by atoms with E-state index in [0.717, 1.165) is 18.5 Å². The third kappa shape index (κ3) is 2.39. The Hall–Kier alpha value is -1.93. The second-order valence-corrected chi connectivity index (χ2v) is 5.36. The van der Waals surface area contributed by atoms with Gasteiger partial charge < -0.3 is 0 Å². The molecule has 3 rings (SSSR count). The van der Waals surface area contributed by atoms with Crippen LogP contribution in [0.2, 0.25) is 0 Å². The van der Waals surface area contributed by atoms with E-state index in [1.807, 2.05) is 36.4 Å². The number of carbonyl (C=O) groups excluding carboxylic acids is 1. The van der Waals surface area contributed by atoms with Gasteiger partial charge in [0.15, 0.2) is 5.78 Å². The van der Waals surface area contributed by atoms with Crippen molar-refractivity contribution in [2.45, 2.75) is 25.4 Å². The van der Waals surface area contributed by atoms with Gasteiger partial charge in [-0.05, 0) is 18.9 Å². The standard InChI is InChI=1S/C18H19NO/c1-14(15-8-4-2-5-9-15)19-13-12-17(19)18(20)16-10-6-3-7-11-16/h2-11,14,17H,12-13H2,1H3/t14-,17+/m1/s1. The smallest absolute Gasteiger partial charge is 0.180 e. The van der Waals surface area contributed by atoms with Crippen LogP contribution in [0.5, 0.6) is 0 Å². The van der Waals surface area contributed by atoms with Crippen molar-refractivity contribution >= 4 is 5.78 Å². The van der Waals surface area contributed by atoms with E-state index < -0.39 is 0 Å². The molecule has 0 radical (unpaired) electrons. The molecule has 0 bridgehead atoms. The zero-order valence-electron chi connectivity index (χ0n) is 11.7. The normalized spacial score (nSPS) is 20.1. The third-order valence-corrected chi connectivity index (χ3v) is 4.20. The molecule has 0 aliphatic carbocycles. The predicted molar refractivity (Wildman–Crippen MR) is 80.7 cm³/mol. The molecule has 2 atom stereocenters. The Bertz CT molecular complexity index is 579. The number of Topliss-reactive ketones (excluding diaryl/α,β-unsaturated/α-hetero) is 1. The summed E-state index contributed by atoms with van der Waals surface area (Å²) in [6.45, 7) is 3.18. The Morgan fingerprint density at radius 1 is 1.05 bits per heavy atom. The Morgan fingerprint density at radius 3 is 2.20 bits per heavy atom. The van der Waals surface area contributed by atoms with Crippen molar-refractivity contribution in [3.05, 3.63) is 71.8 Å². The lowest BCUT2D eigenvalue weighted by Gasteiger charge is -2.44. The van der Waals surface area contributed by atoms with Crippen molar-refractivity contribution < 1.29 is 4.79 Å². The molecule has 0 amide bonds. The topological polar surface area (TPSA) is 20.3 Å². The van der Waals surface area contributed by atoms with Crippen LogP contribution in [0.1, 0.15) is 35.3 Å². The summed E-state index contributed by atoms with van der Waals surface area (Å²) >= 11 is 0. The Balaban J connectivity index is 1.75. The van der Waals surface area contributed by atoms with E-state index in [0.29, 0.717) is 6.04 Å². The second kappa shape index (κ2) is 5.59. The van der Waals surface area contributed by atoms with Gasteiger partial charge in [0, 0.05) is 18.2 Å². The van der Waals surface area contributed by atoms with Crippen LogP contribution in [0.3, 0.4) is 0 Å². The van der Waals surface area contributed by atoms with Gasteiger partial charge in [0.05, 0.1) is 6.04 Å². The maximum atomic E-state index is 12.5. The van der Waals surface area contributed by atoms with E-state index in [1.54, 1.807) is 0 Å².